The van der Waals surface area contributed by atoms with Crippen LogP contribution in [0.15, 0.2) is 58.5 Å². The fourth-order valence-corrected chi connectivity index (χ4v) is 5.94. The van der Waals surface area contributed by atoms with Gasteiger partial charge in [0.1, 0.15) is 11.5 Å². The first-order valence-corrected chi connectivity index (χ1v) is 13.7. The van der Waals surface area contributed by atoms with Gasteiger partial charge in [0, 0.05) is 32.2 Å². The van der Waals surface area contributed by atoms with Gasteiger partial charge in [0.2, 0.25) is 10.0 Å². The highest BCUT2D eigenvalue weighted by Gasteiger charge is 2.26. The third kappa shape index (κ3) is 5.35. The lowest BCUT2D eigenvalue weighted by Gasteiger charge is -2.20. The van der Waals surface area contributed by atoms with Crippen LogP contribution in [-0.2, 0) is 10.0 Å². The molecule has 4 rings (SSSR count). The van der Waals surface area contributed by atoms with Crippen molar-refractivity contribution in [1.29, 1.82) is 0 Å². The van der Waals surface area contributed by atoms with Gasteiger partial charge in [-0.3, -0.25) is 15.5 Å². The zero-order chi connectivity index (χ0) is 26.6. The van der Waals surface area contributed by atoms with Crippen LogP contribution in [0.25, 0.3) is 5.69 Å². The molecule has 12 heteroatoms. The number of nitrogens with zero attached hydrogens (tertiary/aromatic N) is 6. The molecule has 3 aromatic rings. The van der Waals surface area contributed by atoms with Crippen LogP contribution in [0.5, 0.6) is 0 Å². The Morgan fingerprint density at radius 2 is 1.81 bits per heavy atom. The second-order valence-electron chi connectivity index (χ2n) is 8.66. The second kappa shape index (κ2) is 11.1. The quantitative estimate of drug-likeness (QED) is 0.239. The van der Waals surface area contributed by atoms with Gasteiger partial charge in [-0.05, 0) is 44.0 Å². The minimum atomic E-state index is -3.84. The molecule has 0 saturated carbocycles. The summed E-state index contributed by atoms with van der Waals surface area (Å²) in [5.41, 5.74) is 4.96. The molecule has 0 spiro atoms. The number of hydrogen-bond acceptors (Lipinski definition) is 8. The van der Waals surface area contributed by atoms with Gasteiger partial charge in [0.15, 0.2) is 0 Å². The molecule has 0 amide bonds. The molecule has 11 nitrogen and oxygen atoms in total. The van der Waals surface area contributed by atoms with E-state index in [-0.39, 0.29) is 29.4 Å². The Bertz CT molecular complexity index is 1390. The molecule has 196 valence electrons. The maximum Gasteiger partial charge on any atom is 0.295 e. The third-order valence-electron chi connectivity index (χ3n) is 6.38. The van der Waals surface area contributed by atoms with Gasteiger partial charge >= 0.3 is 0 Å². The van der Waals surface area contributed by atoms with Crippen molar-refractivity contribution in [2.75, 3.05) is 36.5 Å². The van der Waals surface area contributed by atoms with E-state index >= 15 is 0 Å². The lowest BCUT2D eigenvalue weighted by Crippen LogP contribution is -2.30. The number of aryl methyl sites for hydroxylation is 1. The maximum absolute atomic E-state index is 12.8. The van der Waals surface area contributed by atoms with E-state index in [9.17, 15) is 18.5 Å². The van der Waals surface area contributed by atoms with Crippen molar-refractivity contribution >= 4 is 33.4 Å². The van der Waals surface area contributed by atoms with Crippen molar-refractivity contribution in [3.63, 3.8) is 0 Å². The van der Waals surface area contributed by atoms with E-state index in [1.165, 1.54) is 16.4 Å². The SMILES string of the molecule is CCN(CC)S(=O)(=O)c1ccc(NN=Cc2c(C)nn(-c3ccccc3)c2N2CCCC2)c([N+](=O)[O-])c1. The first-order chi connectivity index (χ1) is 17.8. The number of hydrazone groups is 1. The van der Waals surface area contributed by atoms with Gasteiger partial charge in [-0.1, -0.05) is 32.0 Å². The van der Waals surface area contributed by atoms with Crippen LogP contribution < -0.4 is 10.3 Å². The van der Waals surface area contributed by atoms with E-state index in [1.807, 2.05) is 41.9 Å². The first-order valence-electron chi connectivity index (χ1n) is 12.3. The smallest absolute Gasteiger partial charge is 0.295 e. The average Bonchev–Trinajstić information content (AvgIpc) is 3.53. The summed E-state index contributed by atoms with van der Waals surface area (Å²) in [7, 11) is -3.84. The monoisotopic (exact) mass is 525 g/mol. The number of aromatic nitrogens is 2. The van der Waals surface area contributed by atoms with E-state index < -0.39 is 14.9 Å². The van der Waals surface area contributed by atoms with Crippen LogP contribution in [0.1, 0.15) is 37.9 Å². The standard InChI is InChI=1S/C25H31N7O4S/c1-4-30(5-2)37(35,36)21-13-14-23(24(17-21)32(33)34)27-26-18-22-19(3)28-31(20-11-7-6-8-12-20)25(22)29-15-9-10-16-29/h6-8,11-14,17-18,27H,4-5,9-10,15-16H2,1-3H3. The number of nitrogens with one attached hydrogen (secondary N) is 1. The molecular weight excluding hydrogens is 494 g/mol. The molecule has 0 aliphatic carbocycles. The lowest BCUT2D eigenvalue weighted by atomic mass is 10.2. The highest BCUT2D eigenvalue weighted by molar-refractivity contribution is 7.89. The number of nitro benzene ring substituents is 1. The van der Waals surface area contributed by atoms with Gasteiger partial charge in [-0.15, -0.1) is 0 Å². The van der Waals surface area contributed by atoms with Crippen LogP contribution >= 0.6 is 0 Å². The second-order valence-corrected chi connectivity index (χ2v) is 10.6. The molecule has 2 heterocycles. The van der Waals surface area contributed by atoms with Crippen LogP contribution in [0, 0.1) is 17.0 Å². The molecule has 0 bridgehead atoms. The van der Waals surface area contributed by atoms with Crippen LogP contribution in [0.4, 0.5) is 17.2 Å². The van der Waals surface area contributed by atoms with E-state index in [1.54, 1.807) is 20.1 Å². The number of anilines is 2. The topological polar surface area (TPSA) is 126 Å². The summed E-state index contributed by atoms with van der Waals surface area (Å²) < 4.78 is 28.8. The Morgan fingerprint density at radius 3 is 2.43 bits per heavy atom. The summed E-state index contributed by atoms with van der Waals surface area (Å²) in [6.07, 6.45) is 3.78. The minimum absolute atomic E-state index is 0.0931. The predicted molar refractivity (Wildman–Crippen MR) is 144 cm³/mol. The summed E-state index contributed by atoms with van der Waals surface area (Å²) in [5, 5.41) is 20.8. The fourth-order valence-electron chi connectivity index (χ4n) is 4.46. The number of hydrogen-bond donors (Lipinski definition) is 1. The Balaban J connectivity index is 1.67. The van der Waals surface area contributed by atoms with Crippen molar-refractivity contribution in [1.82, 2.24) is 14.1 Å². The Morgan fingerprint density at radius 1 is 1.14 bits per heavy atom. The molecular formula is C25H31N7O4S. The lowest BCUT2D eigenvalue weighted by molar-refractivity contribution is -0.384. The molecule has 1 N–H and O–H groups in total. The molecule has 1 fully saturated rings. The number of para-hydroxylation sites is 1. The molecule has 1 aliphatic heterocycles. The third-order valence-corrected chi connectivity index (χ3v) is 8.42. The van der Waals surface area contributed by atoms with Crippen molar-refractivity contribution in [3.8, 4) is 5.69 Å². The van der Waals surface area contributed by atoms with Gasteiger partial charge < -0.3 is 4.90 Å². The average molecular weight is 526 g/mol. The molecule has 1 aromatic heterocycles. The molecule has 2 aromatic carbocycles. The van der Waals surface area contributed by atoms with Crippen molar-refractivity contribution in [3.05, 3.63) is 69.9 Å². The molecule has 0 atom stereocenters. The number of sulfonamides is 1. The molecule has 0 unspecified atom stereocenters. The predicted octanol–water partition coefficient (Wildman–Crippen LogP) is 4.17. The number of nitro groups is 1. The fraction of sp³-hybridized carbons (Fsp3) is 0.360. The van der Waals surface area contributed by atoms with E-state index in [0.29, 0.717) is 0 Å². The molecule has 1 saturated heterocycles. The maximum atomic E-state index is 12.8. The minimum Gasteiger partial charge on any atom is -0.356 e. The van der Waals surface area contributed by atoms with Crippen molar-refractivity contribution < 1.29 is 13.3 Å². The zero-order valence-corrected chi connectivity index (χ0v) is 22.0. The van der Waals surface area contributed by atoms with Crippen LogP contribution in [0.2, 0.25) is 0 Å². The summed E-state index contributed by atoms with van der Waals surface area (Å²) >= 11 is 0. The molecule has 1 aliphatic rings. The zero-order valence-electron chi connectivity index (χ0n) is 21.2. The summed E-state index contributed by atoms with van der Waals surface area (Å²) in [4.78, 5) is 13.3. The van der Waals surface area contributed by atoms with E-state index in [4.69, 9.17) is 5.10 Å². The Kier molecular flexibility index (Phi) is 7.89. The van der Waals surface area contributed by atoms with Crippen molar-refractivity contribution in [2.24, 2.45) is 5.10 Å². The van der Waals surface area contributed by atoms with Gasteiger partial charge in [-0.2, -0.15) is 14.5 Å². The largest absolute Gasteiger partial charge is 0.356 e. The summed E-state index contributed by atoms with van der Waals surface area (Å²) in [6, 6.07) is 13.6. The number of benzene rings is 2. The normalized spacial score (nSPS) is 14.1. The van der Waals surface area contributed by atoms with Crippen LogP contribution in [-0.4, -0.2) is 59.8 Å². The summed E-state index contributed by atoms with van der Waals surface area (Å²) in [5.74, 6) is 0.918. The first kappa shape index (κ1) is 26.3. The Hall–Kier alpha value is -3.77. The van der Waals surface area contributed by atoms with Crippen LogP contribution in [0.3, 0.4) is 0 Å². The Labute approximate surface area is 216 Å². The summed E-state index contributed by atoms with van der Waals surface area (Å²) in [6.45, 7) is 7.69. The molecule has 0 radical (unpaired) electrons. The van der Waals surface area contributed by atoms with E-state index in [0.717, 1.165) is 54.8 Å². The van der Waals surface area contributed by atoms with Gasteiger partial charge in [0.05, 0.1) is 33.0 Å². The highest BCUT2D eigenvalue weighted by Crippen LogP contribution is 2.31. The number of rotatable bonds is 10. The van der Waals surface area contributed by atoms with Gasteiger partial charge in [-0.25, -0.2) is 13.1 Å². The molecule has 37 heavy (non-hydrogen) atoms. The van der Waals surface area contributed by atoms with E-state index in [2.05, 4.69) is 15.4 Å². The van der Waals surface area contributed by atoms with Crippen molar-refractivity contribution in [2.45, 2.75) is 38.5 Å². The van der Waals surface area contributed by atoms with Gasteiger partial charge in [0.25, 0.3) is 5.69 Å². The highest BCUT2D eigenvalue weighted by atomic mass is 32.2.